The molecule has 0 aliphatic rings. The van der Waals surface area contributed by atoms with Crippen molar-refractivity contribution in [2.45, 2.75) is 6.92 Å². The molecule has 0 unspecified atom stereocenters. The van der Waals surface area contributed by atoms with Gasteiger partial charge in [0.2, 0.25) is 0 Å². The van der Waals surface area contributed by atoms with Crippen molar-refractivity contribution in [3.05, 3.63) is 23.8 Å². The minimum Gasteiger partial charge on any atom is -0.504 e. The van der Waals surface area contributed by atoms with Crippen LogP contribution < -0.4 is 0 Å². The molecule has 0 saturated carbocycles. The van der Waals surface area contributed by atoms with Gasteiger partial charge in [-0.25, -0.2) is 0 Å². The van der Waals surface area contributed by atoms with Crippen LogP contribution in [0.3, 0.4) is 0 Å². The Bertz CT molecular complexity index is 406. The summed E-state index contributed by atoms with van der Waals surface area (Å²) in [6, 6.07) is 4.09. The standard InChI is InChI=1S/C13H19NO4/c1-3-14(6-7-18-2)9-13(17)10-4-5-11(15)12(16)8-10/h4-5,8,15-16H,3,6-7,9H2,1-2H3. The molecular weight excluding hydrogens is 234 g/mol. The summed E-state index contributed by atoms with van der Waals surface area (Å²) < 4.78 is 4.97. The van der Waals surface area contributed by atoms with Crippen molar-refractivity contribution in [1.29, 1.82) is 0 Å². The zero-order chi connectivity index (χ0) is 13.5. The number of Topliss-reactive ketones (excluding diaryl/α,β-unsaturated/α-hetero) is 1. The molecule has 2 N–H and O–H groups in total. The van der Waals surface area contributed by atoms with Gasteiger partial charge >= 0.3 is 0 Å². The van der Waals surface area contributed by atoms with Gasteiger partial charge < -0.3 is 14.9 Å². The van der Waals surface area contributed by atoms with Gasteiger partial charge in [-0.05, 0) is 24.7 Å². The third-order valence-electron chi connectivity index (χ3n) is 2.72. The number of hydrogen-bond acceptors (Lipinski definition) is 5. The normalized spacial score (nSPS) is 10.8. The fourth-order valence-corrected chi connectivity index (χ4v) is 1.56. The molecule has 0 aromatic heterocycles. The highest BCUT2D eigenvalue weighted by Crippen LogP contribution is 2.25. The maximum absolute atomic E-state index is 12.0. The fourth-order valence-electron chi connectivity index (χ4n) is 1.56. The Morgan fingerprint density at radius 2 is 2.06 bits per heavy atom. The number of phenolic OH excluding ortho intramolecular Hbond substituents is 2. The maximum Gasteiger partial charge on any atom is 0.176 e. The predicted molar refractivity (Wildman–Crippen MR) is 68.1 cm³/mol. The van der Waals surface area contributed by atoms with Gasteiger partial charge in [0.15, 0.2) is 17.3 Å². The zero-order valence-electron chi connectivity index (χ0n) is 10.7. The van der Waals surface area contributed by atoms with Crippen LogP contribution in [0, 0.1) is 0 Å². The van der Waals surface area contributed by atoms with E-state index in [1.165, 1.54) is 18.2 Å². The van der Waals surface area contributed by atoms with Crippen molar-refractivity contribution in [1.82, 2.24) is 4.90 Å². The number of phenols is 2. The summed E-state index contributed by atoms with van der Waals surface area (Å²) in [5, 5.41) is 18.5. The molecule has 0 saturated heterocycles. The number of carbonyl (C=O) groups excluding carboxylic acids is 1. The third-order valence-corrected chi connectivity index (χ3v) is 2.72. The van der Waals surface area contributed by atoms with Crippen LogP contribution in [0.4, 0.5) is 0 Å². The Hall–Kier alpha value is -1.59. The molecule has 0 heterocycles. The summed E-state index contributed by atoms with van der Waals surface area (Å²) in [5.74, 6) is -0.595. The molecule has 5 nitrogen and oxygen atoms in total. The van der Waals surface area contributed by atoms with Crippen LogP contribution in [0.2, 0.25) is 0 Å². The van der Waals surface area contributed by atoms with Gasteiger partial charge in [0.25, 0.3) is 0 Å². The highest BCUT2D eigenvalue weighted by atomic mass is 16.5. The van der Waals surface area contributed by atoms with Gasteiger partial charge in [-0.3, -0.25) is 9.69 Å². The summed E-state index contributed by atoms with van der Waals surface area (Å²) >= 11 is 0. The molecule has 0 aliphatic heterocycles. The summed E-state index contributed by atoms with van der Waals surface area (Å²) in [6.07, 6.45) is 0. The van der Waals surface area contributed by atoms with Crippen LogP contribution >= 0.6 is 0 Å². The van der Waals surface area contributed by atoms with Crippen LogP contribution in [-0.2, 0) is 4.74 Å². The first-order valence-corrected chi connectivity index (χ1v) is 5.85. The summed E-state index contributed by atoms with van der Waals surface area (Å²) in [6.45, 7) is 4.24. The summed E-state index contributed by atoms with van der Waals surface area (Å²) in [4.78, 5) is 13.9. The van der Waals surface area contributed by atoms with E-state index in [0.717, 1.165) is 6.54 Å². The van der Waals surface area contributed by atoms with Gasteiger partial charge in [0, 0.05) is 19.2 Å². The van der Waals surface area contributed by atoms with Crippen molar-refractivity contribution >= 4 is 5.78 Å². The first-order chi connectivity index (χ1) is 8.58. The molecule has 1 aromatic rings. The molecule has 1 rings (SSSR count). The Morgan fingerprint density at radius 3 is 2.61 bits per heavy atom. The van der Waals surface area contributed by atoms with E-state index in [2.05, 4.69) is 0 Å². The van der Waals surface area contributed by atoms with Gasteiger partial charge in [-0.1, -0.05) is 6.92 Å². The number of aromatic hydroxyl groups is 2. The first kappa shape index (κ1) is 14.5. The van der Waals surface area contributed by atoms with Crippen molar-refractivity contribution in [3.8, 4) is 11.5 Å². The highest BCUT2D eigenvalue weighted by Gasteiger charge is 2.12. The number of nitrogens with zero attached hydrogens (tertiary/aromatic N) is 1. The number of carbonyl (C=O) groups is 1. The molecule has 0 radical (unpaired) electrons. The van der Waals surface area contributed by atoms with Crippen LogP contribution in [0.5, 0.6) is 11.5 Å². The number of rotatable bonds is 7. The molecule has 100 valence electrons. The second-order valence-corrected chi connectivity index (χ2v) is 3.99. The molecule has 5 heteroatoms. The van der Waals surface area contributed by atoms with E-state index in [9.17, 15) is 15.0 Å². The Morgan fingerprint density at radius 1 is 1.33 bits per heavy atom. The lowest BCUT2D eigenvalue weighted by atomic mass is 10.1. The molecule has 0 aliphatic carbocycles. The molecule has 18 heavy (non-hydrogen) atoms. The van der Waals surface area contributed by atoms with E-state index < -0.39 is 0 Å². The lowest BCUT2D eigenvalue weighted by molar-refractivity contribution is 0.0901. The van der Waals surface area contributed by atoms with Gasteiger partial charge in [0.1, 0.15) is 0 Å². The third kappa shape index (κ3) is 4.01. The molecule has 0 bridgehead atoms. The quantitative estimate of drug-likeness (QED) is 0.565. The summed E-state index contributed by atoms with van der Waals surface area (Å²) in [7, 11) is 1.62. The second kappa shape index (κ2) is 6.98. The summed E-state index contributed by atoms with van der Waals surface area (Å²) in [5.41, 5.74) is 0.390. The van der Waals surface area contributed by atoms with E-state index in [-0.39, 0.29) is 23.8 Å². The Balaban J connectivity index is 2.65. The first-order valence-electron chi connectivity index (χ1n) is 5.85. The minimum atomic E-state index is -0.277. The lowest BCUT2D eigenvalue weighted by Gasteiger charge is -2.18. The van der Waals surface area contributed by atoms with Gasteiger partial charge in [0.05, 0.1) is 13.2 Å². The SMILES string of the molecule is CCN(CCOC)CC(=O)c1ccc(O)c(O)c1. The van der Waals surface area contributed by atoms with Crippen molar-refractivity contribution in [2.24, 2.45) is 0 Å². The van der Waals surface area contributed by atoms with E-state index in [1.807, 2.05) is 11.8 Å². The van der Waals surface area contributed by atoms with Gasteiger partial charge in [-0.2, -0.15) is 0 Å². The van der Waals surface area contributed by atoms with Crippen LogP contribution in [0.1, 0.15) is 17.3 Å². The molecule has 0 amide bonds. The van der Waals surface area contributed by atoms with Crippen molar-refractivity contribution < 1.29 is 19.7 Å². The van der Waals surface area contributed by atoms with E-state index >= 15 is 0 Å². The number of ether oxygens (including phenoxy) is 1. The number of hydrogen-bond donors (Lipinski definition) is 2. The van der Waals surface area contributed by atoms with Crippen molar-refractivity contribution in [2.75, 3.05) is 33.4 Å². The monoisotopic (exact) mass is 253 g/mol. The largest absolute Gasteiger partial charge is 0.504 e. The molecule has 0 spiro atoms. The van der Waals surface area contributed by atoms with Crippen LogP contribution in [-0.4, -0.2) is 54.2 Å². The van der Waals surface area contributed by atoms with Crippen LogP contribution in [0.15, 0.2) is 18.2 Å². The maximum atomic E-state index is 12.0. The van der Waals surface area contributed by atoms with Crippen molar-refractivity contribution in [3.63, 3.8) is 0 Å². The molecular formula is C13H19NO4. The van der Waals surface area contributed by atoms with E-state index in [4.69, 9.17) is 4.74 Å². The molecule has 0 fully saturated rings. The van der Waals surface area contributed by atoms with E-state index in [0.29, 0.717) is 18.7 Å². The van der Waals surface area contributed by atoms with Gasteiger partial charge in [-0.15, -0.1) is 0 Å². The number of ketones is 1. The molecule has 0 atom stereocenters. The lowest BCUT2D eigenvalue weighted by Crippen LogP contribution is -2.32. The molecule has 1 aromatic carbocycles. The zero-order valence-corrected chi connectivity index (χ0v) is 10.7. The Kier molecular flexibility index (Phi) is 5.61. The topological polar surface area (TPSA) is 70.0 Å². The Labute approximate surface area is 107 Å². The smallest absolute Gasteiger partial charge is 0.176 e. The number of benzene rings is 1. The fraction of sp³-hybridized carbons (Fsp3) is 0.462. The highest BCUT2D eigenvalue weighted by molar-refractivity contribution is 5.98. The number of methoxy groups -OCH3 is 1. The number of likely N-dealkylation sites (N-methyl/N-ethyl adjacent to an activating group) is 1. The predicted octanol–water partition coefficient (Wildman–Crippen LogP) is 1.25. The van der Waals surface area contributed by atoms with E-state index in [1.54, 1.807) is 7.11 Å². The minimum absolute atomic E-state index is 0.0942. The second-order valence-electron chi connectivity index (χ2n) is 3.99. The van der Waals surface area contributed by atoms with Crippen LogP contribution in [0.25, 0.3) is 0 Å². The average molecular weight is 253 g/mol. The average Bonchev–Trinajstić information content (AvgIpc) is 2.37.